The summed E-state index contributed by atoms with van der Waals surface area (Å²) in [5.74, 6) is 0. The Morgan fingerprint density at radius 2 is 2.19 bits per heavy atom. The molecule has 0 radical (unpaired) electrons. The molecule has 16 heavy (non-hydrogen) atoms. The number of hydrogen-bond acceptors (Lipinski definition) is 4. The van der Waals surface area contributed by atoms with Gasteiger partial charge in [-0.2, -0.15) is 5.10 Å². The first-order chi connectivity index (χ1) is 7.93. The third-order valence-electron chi connectivity index (χ3n) is 2.18. The molecule has 6 nitrogen and oxygen atoms in total. The zero-order valence-corrected chi connectivity index (χ0v) is 8.28. The van der Waals surface area contributed by atoms with Crippen LogP contribution in [0.4, 0.5) is 0 Å². The molecule has 0 spiro atoms. The van der Waals surface area contributed by atoms with Gasteiger partial charge in [0.05, 0.1) is 23.8 Å². The SMILES string of the molecule is c1cncc(-n2cc(-c3ccn[nH]3)nn2)c1. The van der Waals surface area contributed by atoms with E-state index in [4.69, 9.17) is 0 Å². The van der Waals surface area contributed by atoms with Crippen molar-refractivity contribution in [3.05, 3.63) is 43.0 Å². The van der Waals surface area contributed by atoms with Crippen molar-refractivity contribution in [2.75, 3.05) is 0 Å². The average Bonchev–Trinajstić information content (AvgIpc) is 3.01. The quantitative estimate of drug-likeness (QED) is 0.689. The van der Waals surface area contributed by atoms with Crippen molar-refractivity contribution in [1.29, 1.82) is 0 Å². The van der Waals surface area contributed by atoms with Crippen LogP contribution in [0.5, 0.6) is 0 Å². The monoisotopic (exact) mass is 212 g/mol. The molecule has 1 N–H and O–H groups in total. The predicted molar refractivity (Wildman–Crippen MR) is 56.7 cm³/mol. The molecule has 0 amide bonds. The minimum Gasteiger partial charge on any atom is -0.276 e. The van der Waals surface area contributed by atoms with E-state index in [-0.39, 0.29) is 0 Å². The maximum atomic E-state index is 4.05. The zero-order valence-electron chi connectivity index (χ0n) is 8.28. The highest BCUT2D eigenvalue weighted by Gasteiger charge is 2.05. The molecule has 3 aromatic heterocycles. The standard InChI is InChI=1S/C10H8N6/c1-2-8(6-11-4-1)16-7-10(14-15-16)9-3-5-12-13-9/h1-7H,(H,12,13). The van der Waals surface area contributed by atoms with Crippen LogP contribution in [-0.4, -0.2) is 30.2 Å². The molecule has 0 aliphatic rings. The van der Waals surface area contributed by atoms with Crippen molar-refractivity contribution < 1.29 is 0 Å². The lowest BCUT2D eigenvalue weighted by Crippen LogP contribution is -1.94. The predicted octanol–water partition coefficient (Wildman–Crippen LogP) is 1.05. The van der Waals surface area contributed by atoms with Crippen LogP contribution in [0, 0.1) is 0 Å². The first-order valence-electron chi connectivity index (χ1n) is 4.76. The third kappa shape index (κ3) is 1.46. The molecular weight excluding hydrogens is 204 g/mol. The first-order valence-corrected chi connectivity index (χ1v) is 4.76. The van der Waals surface area contributed by atoms with Crippen LogP contribution in [0.2, 0.25) is 0 Å². The molecule has 3 rings (SSSR count). The van der Waals surface area contributed by atoms with Crippen LogP contribution in [0.3, 0.4) is 0 Å². The second-order valence-electron chi connectivity index (χ2n) is 3.23. The van der Waals surface area contributed by atoms with Gasteiger partial charge < -0.3 is 0 Å². The number of aromatic nitrogens is 6. The molecule has 0 unspecified atom stereocenters. The Morgan fingerprint density at radius 1 is 1.19 bits per heavy atom. The molecule has 0 fully saturated rings. The summed E-state index contributed by atoms with van der Waals surface area (Å²) in [5, 5.41) is 14.8. The van der Waals surface area contributed by atoms with Crippen LogP contribution < -0.4 is 0 Å². The van der Waals surface area contributed by atoms with E-state index in [0.29, 0.717) is 0 Å². The minimum atomic E-state index is 0.751. The Bertz CT molecular complexity index is 568. The molecule has 3 heterocycles. The summed E-state index contributed by atoms with van der Waals surface area (Å²) in [6.07, 6.45) is 6.95. The van der Waals surface area contributed by atoms with Gasteiger partial charge in [-0.3, -0.25) is 10.1 Å². The van der Waals surface area contributed by atoms with Crippen molar-refractivity contribution in [1.82, 2.24) is 30.2 Å². The Hall–Kier alpha value is -2.50. The summed E-state index contributed by atoms with van der Waals surface area (Å²) in [6.45, 7) is 0. The normalized spacial score (nSPS) is 10.5. The van der Waals surface area contributed by atoms with Crippen LogP contribution in [0.25, 0.3) is 17.1 Å². The van der Waals surface area contributed by atoms with Crippen molar-refractivity contribution in [3.8, 4) is 17.1 Å². The topological polar surface area (TPSA) is 72.3 Å². The highest BCUT2D eigenvalue weighted by Crippen LogP contribution is 2.13. The number of nitrogens with zero attached hydrogens (tertiary/aromatic N) is 5. The molecule has 0 aromatic carbocycles. The van der Waals surface area contributed by atoms with E-state index < -0.39 is 0 Å². The van der Waals surface area contributed by atoms with E-state index in [9.17, 15) is 0 Å². The zero-order chi connectivity index (χ0) is 10.8. The maximum absolute atomic E-state index is 4.05. The van der Waals surface area contributed by atoms with Crippen LogP contribution in [-0.2, 0) is 0 Å². The van der Waals surface area contributed by atoms with E-state index in [0.717, 1.165) is 17.1 Å². The molecule has 3 aromatic rings. The van der Waals surface area contributed by atoms with Crippen LogP contribution in [0.1, 0.15) is 0 Å². The van der Waals surface area contributed by atoms with E-state index in [1.807, 2.05) is 24.4 Å². The average molecular weight is 212 g/mol. The maximum Gasteiger partial charge on any atom is 0.131 e. The lowest BCUT2D eigenvalue weighted by molar-refractivity contribution is 0.800. The van der Waals surface area contributed by atoms with Gasteiger partial charge in [0.15, 0.2) is 0 Å². The van der Waals surface area contributed by atoms with Gasteiger partial charge >= 0.3 is 0 Å². The summed E-state index contributed by atoms with van der Waals surface area (Å²) < 4.78 is 1.67. The fourth-order valence-electron chi connectivity index (χ4n) is 1.40. The van der Waals surface area contributed by atoms with E-state index in [1.54, 1.807) is 23.3 Å². The highest BCUT2D eigenvalue weighted by molar-refractivity contribution is 5.51. The Labute approximate surface area is 91.0 Å². The second-order valence-corrected chi connectivity index (χ2v) is 3.23. The van der Waals surface area contributed by atoms with Gasteiger partial charge in [-0.15, -0.1) is 5.10 Å². The van der Waals surface area contributed by atoms with Gasteiger partial charge in [0, 0.05) is 12.4 Å². The first kappa shape index (κ1) is 8.78. The Balaban J connectivity index is 2.00. The molecule has 0 aliphatic carbocycles. The number of aromatic amines is 1. The van der Waals surface area contributed by atoms with Crippen molar-refractivity contribution >= 4 is 0 Å². The lowest BCUT2D eigenvalue weighted by atomic mass is 10.3. The molecular formula is C10H8N6. The van der Waals surface area contributed by atoms with E-state index in [2.05, 4.69) is 25.5 Å². The summed E-state index contributed by atoms with van der Waals surface area (Å²) in [5.41, 5.74) is 2.47. The molecule has 0 bridgehead atoms. The summed E-state index contributed by atoms with van der Waals surface area (Å²) in [4.78, 5) is 4.02. The summed E-state index contributed by atoms with van der Waals surface area (Å²) >= 11 is 0. The fourth-order valence-corrected chi connectivity index (χ4v) is 1.40. The number of hydrogen-bond donors (Lipinski definition) is 1. The van der Waals surface area contributed by atoms with Gasteiger partial charge in [0.2, 0.25) is 0 Å². The van der Waals surface area contributed by atoms with Gasteiger partial charge in [0.25, 0.3) is 0 Å². The largest absolute Gasteiger partial charge is 0.276 e. The Morgan fingerprint density at radius 3 is 2.94 bits per heavy atom. The Kier molecular flexibility index (Phi) is 1.96. The number of H-pyrrole nitrogens is 1. The van der Waals surface area contributed by atoms with Crippen molar-refractivity contribution in [2.24, 2.45) is 0 Å². The van der Waals surface area contributed by atoms with Crippen LogP contribution >= 0.6 is 0 Å². The fraction of sp³-hybridized carbons (Fsp3) is 0. The second kappa shape index (κ2) is 3.58. The molecule has 0 aliphatic heterocycles. The minimum absolute atomic E-state index is 0.751. The molecule has 0 atom stereocenters. The smallest absolute Gasteiger partial charge is 0.131 e. The highest BCUT2D eigenvalue weighted by atomic mass is 15.4. The van der Waals surface area contributed by atoms with Gasteiger partial charge in [-0.1, -0.05) is 5.21 Å². The van der Waals surface area contributed by atoms with Gasteiger partial charge in [0.1, 0.15) is 5.69 Å². The number of rotatable bonds is 2. The van der Waals surface area contributed by atoms with Gasteiger partial charge in [-0.05, 0) is 18.2 Å². The lowest BCUT2D eigenvalue weighted by Gasteiger charge is -1.96. The third-order valence-corrected chi connectivity index (χ3v) is 2.18. The molecule has 0 saturated carbocycles. The van der Waals surface area contributed by atoms with Crippen molar-refractivity contribution in [3.63, 3.8) is 0 Å². The molecule has 6 heteroatoms. The number of nitrogens with one attached hydrogen (secondary N) is 1. The van der Waals surface area contributed by atoms with Crippen LogP contribution in [0.15, 0.2) is 43.0 Å². The summed E-state index contributed by atoms with van der Waals surface area (Å²) in [6, 6.07) is 5.61. The number of pyridine rings is 1. The van der Waals surface area contributed by atoms with E-state index >= 15 is 0 Å². The van der Waals surface area contributed by atoms with E-state index in [1.165, 1.54) is 0 Å². The summed E-state index contributed by atoms with van der Waals surface area (Å²) in [7, 11) is 0. The van der Waals surface area contributed by atoms with Gasteiger partial charge in [-0.25, -0.2) is 4.68 Å². The molecule has 78 valence electrons. The van der Waals surface area contributed by atoms with Crippen molar-refractivity contribution in [2.45, 2.75) is 0 Å². The molecule has 0 saturated heterocycles.